The smallest absolute Gasteiger partial charge is 0.294 e. The molecule has 1 fully saturated rings. The van der Waals surface area contributed by atoms with E-state index >= 15 is 0 Å². The van der Waals surface area contributed by atoms with Crippen LogP contribution in [0, 0.1) is 24.7 Å². The zero-order valence-corrected chi connectivity index (χ0v) is 14.7. The van der Waals surface area contributed by atoms with Gasteiger partial charge in [0, 0.05) is 0 Å². The van der Waals surface area contributed by atoms with Crippen LogP contribution in [0.1, 0.15) is 45.6 Å². The molecule has 0 aromatic heterocycles. The summed E-state index contributed by atoms with van der Waals surface area (Å²) in [5.74, 6) is 1.95. The molecule has 3 unspecified atom stereocenters. The van der Waals surface area contributed by atoms with Gasteiger partial charge in [-0.05, 0) is 49.7 Å². The highest BCUT2D eigenvalue weighted by molar-refractivity contribution is 7.85. The highest BCUT2D eigenvalue weighted by Crippen LogP contribution is 2.33. The summed E-state index contributed by atoms with van der Waals surface area (Å²) in [7, 11) is -4.02. The lowest BCUT2D eigenvalue weighted by Gasteiger charge is -2.33. The Morgan fingerprint density at radius 3 is 2.09 bits per heavy atom. The van der Waals surface area contributed by atoms with Gasteiger partial charge in [-0.15, -0.1) is 0 Å². The van der Waals surface area contributed by atoms with Crippen LogP contribution in [0.25, 0.3) is 0 Å². The van der Waals surface area contributed by atoms with Gasteiger partial charge < -0.3 is 5.11 Å². The van der Waals surface area contributed by atoms with Crippen LogP contribution in [0.4, 0.5) is 0 Å². The number of hydrogen-bond donors (Lipinski definition) is 2. The Bertz CT molecular complexity index is 549. The van der Waals surface area contributed by atoms with Gasteiger partial charge in [0.05, 0.1) is 11.0 Å². The average Bonchev–Trinajstić information content (AvgIpc) is 2.38. The second kappa shape index (κ2) is 8.09. The van der Waals surface area contributed by atoms with E-state index in [1.54, 1.807) is 12.1 Å². The van der Waals surface area contributed by atoms with E-state index in [1.807, 2.05) is 6.92 Å². The molecule has 1 aliphatic rings. The lowest BCUT2D eigenvalue weighted by atomic mass is 9.75. The quantitative estimate of drug-likeness (QED) is 0.812. The Morgan fingerprint density at radius 2 is 1.68 bits per heavy atom. The van der Waals surface area contributed by atoms with Crippen molar-refractivity contribution in [3.8, 4) is 0 Å². The number of aliphatic hydroxyl groups excluding tert-OH is 1. The Morgan fingerprint density at radius 1 is 1.14 bits per heavy atom. The van der Waals surface area contributed by atoms with Crippen molar-refractivity contribution in [3.05, 3.63) is 29.8 Å². The van der Waals surface area contributed by atoms with E-state index in [2.05, 4.69) is 20.8 Å². The second-order valence-corrected chi connectivity index (χ2v) is 8.10. The topological polar surface area (TPSA) is 74.6 Å². The van der Waals surface area contributed by atoms with Crippen LogP contribution in [0.5, 0.6) is 0 Å². The third-order valence-electron chi connectivity index (χ3n) is 4.31. The lowest BCUT2D eigenvalue weighted by molar-refractivity contribution is 0.0266. The van der Waals surface area contributed by atoms with Gasteiger partial charge in [-0.3, -0.25) is 4.55 Å². The van der Waals surface area contributed by atoms with Gasteiger partial charge in [0.2, 0.25) is 0 Å². The van der Waals surface area contributed by atoms with E-state index in [9.17, 15) is 13.5 Å². The van der Waals surface area contributed by atoms with Crippen LogP contribution < -0.4 is 0 Å². The molecule has 126 valence electrons. The fourth-order valence-electron chi connectivity index (χ4n) is 2.86. The molecule has 22 heavy (non-hydrogen) atoms. The van der Waals surface area contributed by atoms with Crippen LogP contribution in [-0.2, 0) is 10.1 Å². The van der Waals surface area contributed by atoms with Crippen molar-refractivity contribution in [3.63, 3.8) is 0 Å². The predicted molar refractivity (Wildman–Crippen MR) is 88.3 cm³/mol. The number of hydrogen-bond acceptors (Lipinski definition) is 3. The molecule has 1 aromatic carbocycles. The Balaban J connectivity index is 0.000000220. The van der Waals surface area contributed by atoms with Crippen LogP contribution in [0.3, 0.4) is 0 Å². The molecule has 0 radical (unpaired) electrons. The van der Waals surface area contributed by atoms with Crippen LogP contribution >= 0.6 is 0 Å². The molecule has 0 heterocycles. The third-order valence-corrected chi connectivity index (χ3v) is 5.17. The van der Waals surface area contributed by atoms with Gasteiger partial charge in [0.25, 0.3) is 10.1 Å². The van der Waals surface area contributed by atoms with Crippen molar-refractivity contribution >= 4 is 10.1 Å². The molecule has 1 aliphatic carbocycles. The molecule has 0 bridgehead atoms. The lowest BCUT2D eigenvalue weighted by Crippen LogP contribution is -2.31. The fourth-order valence-corrected chi connectivity index (χ4v) is 3.34. The number of aryl methyl sites for hydroxylation is 1. The molecular formula is C17H28O4S. The molecule has 0 spiro atoms. The van der Waals surface area contributed by atoms with Crippen molar-refractivity contribution in [2.24, 2.45) is 17.8 Å². The minimum absolute atomic E-state index is 0.0289. The van der Waals surface area contributed by atoms with Gasteiger partial charge in [-0.25, -0.2) is 0 Å². The fraction of sp³-hybridized carbons (Fsp3) is 0.647. The third kappa shape index (κ3) is 6.07. The Kier molecular flexibility index (Phi) is 7.03. The van der Waals surface area contributed by atoms with Crippen molar-refractivity contribution < 1.29 is 18.1 Å². The van der Waals surface area contributed by atoms with E-state index in [0.717, 1.165) is 17.9 Å². The average molecular weight is 328 g/mol. The Hall–Kier alpha value is -0.910. The summed E-state index contributed by atoms with van der Waals surface area (Å²) in [4.78, 5) is -0.0666. The maximum atomic E-state index is 10.5. The summed E-state index contributed by atoms with van der Waals surface area (Å²) < 4.78 is 29.6. The maximum Gasteiger partial charge on any atom is 0.294 e. The van der Waals surface area contributed by atoms with Gasteiger partial charge >= 0.3 is 0 Å². The van der Waals surface area contributed by atoms with Gasteiger partial charge in [0.15, 0.2) is 0 Å². The molecule has 1 aromatic rings. The summed E-state index contributed by atoms with van der Waals surface area (Å²) in [5.41, 5.74) is 0.956. The van der Waals surface area contributed by atoms with E-state index < -0.39 is 10.1 Å². The minimum Gasteiger partial charge on any atom is -0.393 e. The molecule has 0 saturated heterocycles. The molecule has 4 nitrogen and oxygen atoms in total. The second-order valence-electron chi connectivity index (χ2n) is 6.68. The van der Waals surface area contributed by atoms with E-state index in [0.29, 0.717) is 11.8 Å². The SMILES string of the molecule is CC1CCC(C(C)C)C(O)C1.Cc1ccc(S(=O)(=O)O)cc1. The normalized spacial score (nSPS) is 25.5. The van der Waals surface area contributed by atoms with Crippen molar-refractivity contribution in [1.29, 1.82) is 0 Å². The summed E-state index contributed by atoms with van der Waals surface area (Å²) in [6, 6.07) is 5.99. The highest BCUT2D eigenvalue weighted by Gasteiger charge is 2.28. The van der Waals surface area contributed by atoms with Crippen molar-refractivity contribution in [1.82, 2.24) is 0 Å². The Labute approximate surface area is 134 Å². The van der Waals surface area contributed by atoms with Crippen LogP contribution in [0.2, 0.25) is 0 Å². The standard InChI is InChI=1S/C10H20O.C7H8O3S/c1-7(2)9-5-4-8(3)6-10(9)11;1-6-2-4-7(5-3-6)11(8,9)10/h7-11H,4-6H2,1-3H3;2-5H,1H3,(H,8,9,10). The maximum absolute atomic E-state index is 10.5. The van der Waals surface area contributed by atoms with E-state index in [-0.39, 0.29) is 11.0 Å². The molecule has 2 rings (SSSR count). The molecule has 2 N–H and O–H groups in total. The van der Waals surface area contributed by atoms with Crippen LogP contribution in [-0.4, -0.2) is 24.2 Å². The van der Waals surface area contributed by atoms with Gasteiger partial charge in [-0.2, -0.15) is 8.42 Å². The van der Waals surface area contributed by atoms with Gasteiger partial charge in [0.1, 0.15) is 0 Å². The summed E-state index contributed by atoms with van der Waals surface area (Å²) in [5, 5.41) is 9.71. The van der Waals surface area contributed by atoms with Crippen molar-refractivity contribution in [2.75, 3.05) is 0 Å². The summed E-state index contributed by atoms with van der Waals surface area (Å²) >= 11 is 0. The first kappa shape index (κ1) is 19.1. The number of rotatable bonds is 2. The minimum atomic E-state index is -4.02. The molecule has 5 heteroatoms. The molecule has 0 aliphatic heterocycles. The molecule has 0 amide bonds. The number of aliphatic hydroxyl groups is 1. The molecule has 3 atom stereocenters. The van der Waals surface area contributed by atoms with Crippen LogP contribution in [0.15, 0.2) is 29.2 Å². The van der Waals surface area contributed by atoms with E-state index in [4.69, 9.17) is 4.55 Å². The monoisotopic (exact) mass is 328 g/mol. The number of benzene rings is 1. The largest absolute Gasteiger partial charge is 0.393 e. The zero-order valence-electron chi connectivity index (χ0n) is 13.9. The van der Waals surface area contributed by atoms with Gasteiger partial charge in [-0.1, -0.05) is 44.9 Å². The molecular weight excluding hydrogens is 300 g/mol. The summed E-state index contributed by atoms with van der Waals surface area (Å²) in [6.07, 6.45) is 3.52. The van der Waals surface area contributed by atoms with Crippen molar-refractivity contribution in [2.45, 2.75) is 58.0 Å². The summed E-state index contributed by atoms with van der Waals surface area (Å²) in [6.45, 7) is 8.50. The molecule has 1 saturated carbocycles. The predicted octanol–water partition coefficient (Wildman–Crippen LogP) is 3.68. The first-order chi connectivity index (χ1) is 10.1. The first-order valence-electron chi connectivity index (χ1n) is 7.83. The zero-order chi connectivity index (χ0) is 16.9. The first-order valence-corrected chi connectivity index (χ1v) is 9.27. The van der Waals surface area contributed by atoms with E-state index in [1.165, 1.54) is 25.0 Å². The highest BCUT2D eigenvalue weighted by atomic mass is 32.2.